The number of carbonyl (C=O) groups excluding carboxylic acids is 2. The first-order valence-electron chi connectivity index (χ1n) is 6.33. The van der Waals surface area contributed by atoms with Crippen LogP contribution in [0.15, 0.2) is 11.5 Å². The van der Waals surface area contributed by atoms with Crippen molar-refractivity contribution < 1.29 is 19.1 Å². The van der Waals surface area contributed by atoms with Gasteiger partial charge < -0.3 is 14.8 Å². The third-order valence-electron chi connectivity index (χ3n) is 2.34. The van der Waals surface area contributed by atoms with Crippen LogP contribution >= 0.6 is 0 Å². The lowest BCUT2D eigenvalue weighted by atomic mass is 9.90. The van der Waals surface area contributed by atoms with Gasteiger partial charge in [0.15, 0.2) is 0 Å². The van der Waals surface area contributed by atoms with Crippen LogP contribution in [-0.2, 0) is 14.3 Å². The molecule has 0 aliphatic rings. The molecule has 0 bridgehead atoms. The van der Waals surface area contributed by atoms with E-state index in [2.05, 4.69) is 10.1 Å². The van der Waals surface area contributed by atoms with Gasteiger partial charge in [0.05, 0.1) is 13.2 Å². The predicted octanol–water partition coefficient (Wildman–Crippen LogP) is 1.23. The molecular formula is C13H24BNO4. The molecule has 1 unspecified atom stereocenters. The van der Waals surface area contributed by atoms with E-state index in [0.29, 0.717) is 5.47 Å². The van der Waals surface area contributed by atoms with Crippen molar-refractivity contribution in [2.75, 3.05) is 7.11 Å². The van der Waals surface area contributed by atoms with E-state index < -0.39 is 17.7 Å². The Morgan fingerprint density at radius 3 is 2.16 bits per heavy atom. The van der Waals surface area contributed by atoms with Crippen LogP contribution in [0.5, 0.6) is 0 Å². The summed E-state index contributed by atoms with van der Waals surface area (Å²) in [5, 5.41) is 2.74. The highest BCUT2D eigenvalue weighted by Crippen LogP contribution is 2.10. The number of hydrogen-bond acceptors (Lipinski definition) is 4. The van der Waals surface area contributed by atoms with Crippen LogP contribution in [-0.4, -0.2) is 38.7 Å². The maximum atomic E-state index is 11.7. The molecule has 6 heteroatoms. The Balaban J connectivity index is 4.77. The first-order chi connectivity index (χ1) is 8.56. The van der Waals surface area contributed by atoms with Gasteiger partial charge in [-0.1, -0.05) is 19.9 Å². The smallest absolute Gasteiger partial charge is 0.408 e. The van der Waals surface area contributed by atoms with Crippen molar-refractivity contribution in [2.45, 2.75) is 46.3 Å². The van der Waals surface area contributed by atoms with Gasteiger partial charge >= 0.3 is 12.1 Å². The molecule has 1 N–H and O–H groups in total. The second-order valence-corrected chi connectivity index (χ2v) is 5.76. The topological polar surface area (TPSA) is 64.6 Å². The maximum Gasteiger partial charge on any atom is 0.408 e. The first-order valence-corrected chi connectivity index (χ1v) is 6.33. The first kappa shape index (κ1) is 17.5. The van der Waals surface area contributed by atoms with Gasteiger partial charge in [0.1, 0.15) is 13.4 Å². The summed E-state index contributed by atoms with van der Waals surface area (Å²) in [6, 6.07) is -0.283. The Morgan fingerprint density at radius 1 is 1.26 bits per heavy atom. The van der Waals surface area contributed by atoms with Crippen molar-refractivity contribution in [3.05, 3.63) is 11.5 Å². The number of nitrogens with one attached hydrogen (secondary N) is 1. The molecule has 1 atom stereocenters. The molecule has 1 amide bonds. The molecule has 0 aliphatic carbocycles. The summed E-state index contributed by atoms with van der Waals surface area (Å²) >= 11 is 0. The second-order valence-electron chi connectivity index (χ2n) is 5.76. The molecule has 0 aromatic rings. The van der Waals surface area contributed by atoms with Crippen molar-refractivity contribution >= 4 is 19.9 Å². The average molecular weight is 269 g/mol. The largest absolute Gasteiger partial charge is 0.466 e. The monoisotopic (exact) mass is 269 g/mol. The van der Waals surface area contributed by atoms with E-state index in [0.717, 1.165) is 0 Å². The highest BCUT2D eigenvalue weighted by Gasteiger charge is 2.20. The molecular weight excluding hydrogens is 245 g/mol. The van der Waals surface area contributed by atoms with Gasteiger partial charge in [-0.25, -0.2) is 9.59 Å². The summed E-state index contributed by atoms with van der Waals surface area (Å²) < 4.78 is 9.82. The molecule has 0 fully saturated rings. The van der Waals surface area contributed by atoms with Crippen molar-refractivity contribution in [3.8, 4) is 0 Å². The summed E-state index contributed by atoms with van der Waals surface area (Å²) in [5.74, 6) is -0.274. The number of methoxy groups -OCH3 is 1. The summed E-state index contributed by atoms with van der Waals surface area (Å²) in [6.07, 6.45) is 1.18. The van der Waals surface area contributed by atoms with Crippen LogP contribution in [0.3, 0.4) is 0 Å². The highest BCUT2D eigenvalue weighted by molar-refractivity contribution is 6.35. The lowest BCUT2D eigenvalue weighted by Gasteiger charge is -2.24. The van der Waals surface area contributed by atoms with Crippen LogP contribution in [0.1, 0.15) is 34.6 Å². The Morgan fingerprint density at radius 2 is 1.79 bits per heavy atom. The zero-order valence-corrected chi connectivity index (χ0v) is 12.9. The van der Waals surface area contributed by atoms with E-state index in [1.807, 2.05) is 13.8 Å². The van der Waals surface area contributed by atoms with E-state index in [4.69, 9.17) is 4.74 Å². The fourth-order valence-corrected chi connectivity index (χ4v) is 1.34. The number of rotatable bonds is 4. The van der Waals surface area contributed by atoms with Crippen LogP contribution < -0.4 is 5.32 Å². The van der Waals surface area contributed by atoms with E-state index in [1.54, 1.807) is 34.7 Å². The summed E-state index contributed by atoms with van der Waals surface area (Å²) in [4.78, 5) is 23.1. The number of esters is 1. The third kappa shape index (κ3) is 7.54. The summed E-state index contributed by atoms with van der Waals surface area (Å²) in [7, 11) is 2.98. The standard InChI is InChI=1S/C13H24BNO4/c1-8(2)10(7-9(14)11(16)18-6)15-12(17)19-13(3,4)5/h7-8,10H,14H2,1-6H3,(H,15,17)/b9-7-. The molecule has 0 rings (SSSR count). The molecule has 0 radical (unpaired) electrons. The zero-order valence-electron chi connectivity index (χ0n) is 12.9. The van der Waals surface area contributed by atoms with Crippen LogP contribution in [0.25, 0.3) is 0 Å². The average Bonchev–Trinajstić information content (AvgIpc) is 2.24. The minimum Gasteiger partial charge on any atom is -0.466 e. The molecule has 0 saturated carbocycles. The van der Waals surface area contributed by atoms with Crippen molar-refractivity contribution in [2.24, 2.45) is 5.92 Å². The Bertz CT molecular complexity index is 358. The number of hydrogen-bond donors (Lipinski definition) is 1. The van der Waals surface area contributed by atoms with E-state index in [9.17, 15) is 9.59 Å². The summed E-state index contributed by atoms with van der Waals surface area (Å²) in [5.41, 5.74) is -0.0931. The third-order valence-corrected chi connectivity index (χ3v) is 2.34. The quantitative estimate of drug-likeness (QED) is 0.473. The molecule has 0 aromatic heterocycles. The fourth-order valence-electron chi connectivity index (χ4n) is 1.34. The van der Waals surface area contributed by atoms with Gasteiger partial charge in [0, 0.05) is 0 Å². The molecule has 0 aromatic carbocycles. The van der Waals surface area contributed by atoms with Crippen LogP contribution in [0, 0.1) is 5.92 Å². The van der Waals surface area contributed by atoms with Crippen molar-refractivity contribution in [1.82, 2.24) is 5.32 Å². The van der Waals surface area contributed by atoms with Gasteiger partial charge in [-0.3, -0.25) is 0 Å². The molecule has 0 heterocycles. The summed E-state index contributed by atoms with van der Waals surface area (Å²) in [6.45, 7) is 9.29. The van der Waals surface area contributed by atoms with Crippen LogP contribution in [0.2, 0.25) is 0 Å². The van der Waals surface area contributed by atoms with E-state index >= 15 is 0 Å². The lowest BCUT2D eigenvalue weighted by Crippen LogP contribution is -2.41. The normalized spacial score (nSPS) is 13.9. The van der Waals surface area contributed by atoms with Crippen molar-refractivity contribution in [3.63, 3.8) is 0 Å². The van der Waals surface area contributed by atoms with Gasteiger partial charge in [-0.05, 0) is 32.2 Å². The van der Waals surface area contributed by atoms with Crippen LogP contribution in [0.4, 0.5) is 4.79 Å². The maximum absolute atomic E-state index is 11.7. The molecule has 5 nitrogen and oxygen atoms in total. The van der Waals surface area contributed by atoms with Gasteiger partial charge in [-0.15, -0.1) is 0 Å². The minimum atomic E-state index is -0.549. The molecule has 108 valence electrons. The molecule has 0 saturated heterocycles. The number of amides is 1. The molecule has 19 heavy (non-hydrogen) atoms. The molecule has 0 spiro atoms. The fraction of sp³-hybridized carbons (Fsp3) is 0.692. The van der Waals surface area contributed by atoms with Gasteiger partial charge in [0.2, 0.25) is 0 Å². The Hall–Kier alpha value is -1.46. The second kappa shape index (κ2) is 7.21. The number of carbonyl (C=O) groups is 2. The Labute approximate surface area is 116 Å². The Kier molecular flexibility index (Phi) is 6.66. The minimum absolute atomic E-state index is 0.132. The lowest BCUT2D eigenvalue weighted by molar-refractivity contribution is -0.135. The van der Waals surface area contributed by atoms with Gasteiger partial charge in [-0.2, -0.15) is 0 Å². The van der Waals surface area contributed by atoms with E-state index in [-0.39, 0.29) is 12.0 Å². The van der Waals surface area contributed by atoms with Crippen molar-refractivity contribution in [1.29, 1.82) is 0 Å². The van der Waals surface area contributed by atoms with Gasteiger partial charge in [0.25, 0.3) is 0 Å². The predicted molar refractivity (Wildman–Crippen MR) is 76.6 cm³/mol. The number of ether oxygens (including phenoxy) is 2. The SMILES string of the molecule is B/C(=C\C(NC(=O)OC(C)(C)C)C(C)C)C(=O)OC. The highest BCUT2D eigenvalue weighted by atomic mass is 16.6. The zero-order chi connectivity index (χ0) is 15.2. The number of alkyl carbamates (subject to hydrolysis) is 1. The van der Waals surface area contributed by atoms with E-state index in [1.165, 1.54) is 7.11 Å². The molecule has 0 aliphatic heterocycles.